The third-order valence-corrected chi connectivity index (χ3v) is 4.29. The van der Waals surface area contributed by atoms with Gasteiger partial charge in [-0.3, -0.25) is 0 Å². The fraction of sp³-hybridized carbons (Fsp3) is 0.538. The van der Waals surface area contributed by atoms with Crippen LogP contribution in [-0.2, 0) is 6.42 Å². The molecule has 0 amide bonds. The second-order valence-electron chi connectivity index (χ2n) is 4.64. The SMILES string of the molecule is Cc1c(Br)cc(CC2CCNC2)c(C)c1F. The van der Waals surface area contributed by atoms with Crippen LogP contribution in [0.1, 0.15) is 23.1 Å². The molecule has 1 heterocycles. The molecule has 1 aromatic carbocycles. The van der Waals surface area contributed by atoms with E-state index in [1.165, 1.54) is 6.42 Å². The monoisotopic (exact) mass is 285 g/mol. The normalized spacial score (nSPS) is 20.4. The van der Waals surface area contributed by atoms with E-state index in [1.807, 2.05) is 13.8 Å². The minimum atomic E-state index is -0.0599. The summed E-state index contributed by atoms with van der Waals surface area (Å²) in [6, 6.07) is 2.08. The van der Waals surface area contributed by atoms with E-state index in [1.54, 1.807) is 0 Å². The first-order valence-corrected chi connectivity index (χ1v) is 6.53. The zero-order valence-electron chi connectivity index (χ0n) is 9.74. The molecule has 3 heteroatoms. The molecule has 1 atom stereocenters. The third-order valence-electron chi connectivity index (χ3n) is 3.47. The first-order valence-electron chi connectivity index (χ1n) is 5.74. The molecule has 1 saturated heterocycles. The van der Waals surface area contributed by atoms with Crippen LogP contribution in [0.25, 0.3) is 0 Å². The van der Waals surface area contributed by atoms with Gasteiger partial charge in [-0.15, -0.1) is 0 Å². The number of benzene rings is 1. The molecule has 1 aromatic rings. The van der Waals surface area contributed by atoms with Crippen molar-refractivity contribution in [2.45, 2.75) is 26.7 Å². The molecule has 1 N–H and O–H groups in total. The Kier molecular flexibility index (Phi) is 3.65. The lowest BCUT2D eigenvalue weighted by Gasteiger charge is -2.14. The average Bonchev–Trinajstić information content (AvgIpc) is 2.76. The molecule has 0 spiro atoms. The standard InChI is InChI=1S/C13H17BrFN/c1-8-11(5-10-3-4-16-7-10)6-12(14)9(2)13(8)15/h6,10,16H,3-5,7H2,1-2H3. The van der Waals surface area contributed by atoms with Crippen molar-refractivity contribution in [1.29, 1.82) is 0 Å². The van der Waals surface area contributed by atoms with Crippen LogP contribution in [-0.4, -0.2) is 13.1 Å². The minimum absolute atomic E-state index is 0.0599. The highest BCUT2D eigenvalue weighted by molar-refractivity contribution is 9.10. The van der Waals surface area contributed by atoms with Crippen molar-refractivity contribution in [3.8, 4) is 0 Å². The molecule has 0 bridgehead atoms. The smallest absolute Gasteiger partial charge is 0.130 e. The number of nitrogens with one attached hydrogen (secondary N) is 1. The molecule has 0 aliphatic carbocycles. The van der Waals surface area contributed by atoms with Crippen LogP contribution in [0, 0.1) is 25.6 Å². The van der Waals surface area contributed by atoms with Crippen LogP contribution < -0.4 is 5.32 Å². The molecular weight excluding hydrogens is 269 g/mol. The fourth-order valence-corrected chi connectivity index (χ4v) is 2.76. The van der Waals surface area contributed by atoms with Crippen molar-refractivity contribution in [2.75, 3.05) is 13.1 Å². The molecule has 1 aliphatic heterocycles. The van der Waals surface area contributed by atoms with Gasteiger partial charge >= 0.3 is 0 Å². The number of halogens is 2. The average molecular weight is 286 g/mol. The largest absolute Gasteiger partial charge is 0.316 e. The Bertz CT molecular complexity index is 397. The molecule has 0 radical (unpaired) electrons. The maximum absolute atomic E-state index is 13.9. The van der Waals surface area contributed by atoms with Crippen LogP contribution in [0.3, 0.4) is 0 Å². The van der Waals surface area contributed by atoms with Crippen molar-refractivity contribution in [2.24, 2.45) is 5.92 Å². The highest BCUT2D eigenvalue weighted by Gasteiger charge is 2.18. The summed E-state index contributed by atoms with van der Waals surface area (Å²) < 4.78 is 14.8. The van der Waals surface area contributed by atoms with E-state index >= 15 is 0 Å². The molecule has 2 rings (SSSR count). The number of rotatable bonds is 2. The molecule has 1 nitrogen and oxygen atoms in total. The summed E-state index contributed by atoms with van der Waals surface area (Å²) in [5.74, 6) is 0.600. The van der Waals surface area contributed by atoms with Gasteiger partial charge in [0.1, 0.15) is 5.82 Å². The molecule has 0 saturated carbocycles. The summed E-state index contributed by atoms with van der Waals surface area (Å²) in [5, 5.41) is 3.35. The number of hydrogen-bond acceptors (Lipinski definition) is 1. The van der Waals surface area contributed by atoms with Gasteiger partial charge in [0.05, 0.1) is 0 Å². The lowest BCUT2D eigenvalue weighted by Crippen LogP contribution is -2.12. The predicted octanol–water partition coefficient (Wildman–Crippen LogP) is 3.36. The van der Waals surface area contributed by atoms with Gasteiger partial charge in [0.25, 0.3) is 0 Å². The maximum atomic E-state index is 13.9. The summed E-state index contributed by atoms with van der Waals surface area (Å²) in [4.78, 5) is 0. The highest BCUT2D eigenvalue weighted by atomic mass is 79.9. The molecule has 88 valence electrons. The Morgan fingerprint density at radius 2 is 2.19 bits per heavy atom. The van der Waals surface area contributed by atoms with E-state index in [4.69, 9.17) is 0 Å². The maximum Gasteiger partial charge on any atom is 0.130 e. The number of hydrogen-bond donors (Lipinski definition) is 1. The minimum Gasteiger partial charge on any atom is -0.316 e. The molecule has 1 aliphatic rings. The summed E-state index contributed by atoms with van der Waals surface area (Å²) in [6.07, 6.45) is 2.18. The Labute approximate surface area is 105 Å². The van der Waals surface area contributed by atoms with Crippen molar-refractivity contribution in [3.63, 3.8) is 0 Å². The Balaban J connectivity index is 2.26. The Hall–Kier alpha value is -0.410. The van der Waals surface area contributed by atoms with Crippen LogP contribution in [0.2, 0.25) is 0 Å². The van der Waals surface area contributed by atoms with Gasteiger partial charge in [0, 0.05) is 4.47 Å². The van der Waals surface area contributed by atoms with Gasteiger partial charge in [-0.1, -0.05) is 15.9 Å². The van der Waals surface area contributed by atoms with E-state index in [9.17, 15) is 4.39 Å². The third kappa shape index (κ3) is 2.30. The van der Waals surface area contributed by atoms with Gasteiger partial charge in [-0.05, 0) is 68.5 Å². The molecular formula is C13H17BrFN. The molecule has 1 fully saturated rings. The summed E-state index contributed by atoms with van der Waals surface area (Å²) in [6.45, 7) is 5.85. The van der Waals surface area contributed by atoms with Gasteiger partial charge in [0.2, 0.25) is 0 Å². The van der Waals surface area contributed by atoms with Crippen molar-refractivity contribution < 1.29 is 4.39 Å². The highest BCUT2D eigenvalue weighted by Crippen LogP contribution is 2.27. The molecule has 0 aromatic heterocycles. The van der Waals surface area contributed by atoms with Gasteiger partial charge in [-0.2, -0.15) is 0 Å². The van der Waals surface area contributed by atoms with E-state index in [2.05, 4.69) is 27.3 Å². The van der Waals surface area contributed by atoms with Gasteiger partial charge in [-0.25, -0.2) is 4.39 Å². The first kappa shape index (κ1) is 12.1. The summed E-state index contributed by atoms with van der Waals surface area (Å²) in [5.41, 5.74) is 2.67. The molecule has 16 heavy (non-hydrogen) atoms. The second kappa shape index (κ2) is 4.84. The first-order chi connectivity index (χ1) is 7.59. The Morgan fingerprint density at radius 3 is 2.81 bits per heavy atom. The quantitative estimate of drug-likeness (QED) is 0.879. The zero-order chi connectivity index (χ0) is 11.7. The van der Waals surface area contributed by atoms with E-state index in [0.717, 1.165) is 35.1 Å². The van der Waals surface area contributed by atoms with Crippen LogP contribution >= 0.6 is 15.9 Å². The van der Waals surface area contributed by atoms with Crippen LogP contribution in [0.4, 0.5) is 4.39 Å². The summed E-state index contributed by atoms with van der Waals surface area (Å²) in [7, 11) is 0. The fourth-order valence-electron chi connectivity index (χ4n) is 2.31. The van der Waals surface area contributed by atoms with E-state index in [0.29, 0.717) is 11.5 Å². The van der Waals surface area contributed by atoms with Crippen molar-refractivity contribution in [3.05, 3.63) is 33.0 Å². The lowest BCUT2D eigenvalue weighted by atomic mass is 9.94. The topological polar surface area (TPSA) is 12.0 Å². The van der Waals surface area contributed by atoms with Gasteiger partial charge < -0.3 is 5.32 Å². The zero-order valence-corrected chi connectivity index (χ0v) is 11.3. The predicted molar refractivity (Wildman–Crippen MR) is 68.3 cm³/mol. The van der Waals surface area contributed by atoms with Gasteiger partial charge in [0.15, 0.2) is 0 Å². The lowest BCUT2D eigenvalue weighted by molar-refractivity contribution is 0.565. The van der Waals surface area contributed by atoms with E-state index in [-0.39, 0.29) is 5.82 Å². The van der Waals surface area contributed by atoms with Crippen LogP contribution in [0.5, 0.6) is 0 Å². The second-order valence-corrected chi connectivity index (χ2v) is 5.50. The molecule has 1 unspecified atom stereocenters. The van der Waals surface area contributed by atoms with Crippen molar-refractivity contribution >= 4 is 15.9 Å². The summed E-state index contributed by atoms with van der Waals surface area (Å²) >= 11 is 3.42. The van der Waals surface area contributed by atoms with Crippen molar-refractivity contribution in [1.82, 2.24) is 5.32 Å². The van der Waals surface area contributed by atoms with E-state index < -0.39 is 0 Å². The van der Waals surface area contributed by atoms with Crippen LogP contribution in [0.15, 0.2) is 10.5 Å². The Morgan fingerprint density at radius 1 is 1.44 bits per heavy atom.